The number of benzene rings is 3. The molecule has 34 heavy (non-hydrogen) atoms. The standard InChI is InChI=1S/C27H29N5O2/c1-20-12-8-9-17-23(20)30-26(34)29-18-10-11-19-32-24(33)27(31-25(32)28,21-13-4-2-5-14-21)22-15-6-3-7-16-22/h2-9,12-17H,10-11,18-19H2,1H3,(H2,28,31)(H2,29,30,34). The molecular formula is C27H29N5O2. The number of hydrogen-bond donors (Lipinski definition) is 3. The van der Waals surface area contributed by atoms with Crippen LogP contribution < -0.4 is 16.4 Å². The fourth-order valence-electron chi connectivity index (χ4n) is 4.17. The smallest absolute Gasteiger partial charge is 0.319 e. The Bertz CT molecular complexity index is 1140. The van der Waals surface area contributed by atoms with Gasteiger partial charge in [0.05, 0.1) is 0 Å². The molecule has 0 aromatic heterocycles. The number of nitrogens with two attached hydrogens (primary N) is 1. The Morgan fingerprint density at radius 1 is 0.912 bits per heavy atom. The molecule has 0 saturated heterocycles. The van der Waals surface area contributed by atoms with Gasteiger partial charge >= 0.3 is 6.03 Å². The average Bonchev–Trinajstić information content (AvgIpc) is 3.12. The third-order valence-electron chi connectivity index (χ3n) is 5.98. The maximum Gasteiger partial charge on any atom is 0.319 e. The van der Waals surface area contributed by atoms with Crippen LogP contribution in [0.3, 0.4) is 0 Å². The van der Waals surface area contributed by atoms with Gasteiger partial charge in [-0.25, -0.2) is 9.79 Å². The van der Waals surface area contributed by atoms with Gasteiger partial charge in [0.1, 0.15) is 0 Å². The molecule has 1 aliphatic rings. The van der Waals surface area contributed by atoms with Gasteiger partial charge in [0.25, 0.3) is 5.91 Å². The lowest BCUT2D eigenvalue weighted by molar-refractivity contribution is -0.130. The van der Waals surface area contributed by atoms with Crippen molar-refractivity contribution in [2.24, 2.45) is 10.7 Å². The van der Waals surface area contributed by atoms with E-state index in [1.165, 1.54) is 0 Å². The molecule has 0 radical (unpaired) electrons. The zero-order chi connectivity index (χ0) is 24.0. The van der Waals surface area contributed by atoms with Crippen molar-refractivity contribution in [1.29, 1.82) is 0 Å². The Hall–Kier alpha value is -4.13. The van der Waals surface area contributed by atoms with E-state index < -0.39 is 5.54 Å². The Balaban J connectivity index is 1.37. The second kappa shape index (κ2) is 10.2. The maximum atomic E-state index is 13.7. The Morgan fingerprint density at radius 3 is 2.12 bits per heavy atom. The second-order valence-corrected chi connectivity index (χ2v) is 8.27. The molecule has 1 heterocycles. The summed E-state index contributed by atoms with van der Waals surface area (Å²) < 4.78 is 0. The van der Waals surface area contributed by atoms with Gasteiger partial charge in [0.15, 0.2) is 11.5 Å². The number of unbranched alkanes of at least 4 members (excludes halogenated alkanes) is 1. The minimum atomic E-state index is -1.18. The molecular weight excluding hydrogens is 426 g/mol. The largest absolute Gasteiger partial charge is 0.369 e. The SMILES string of the molecule is Cc1ccccc1NC(=O)NCCCCN1C(=O)C(c2ccccc2)(c2ccccc2)N=C1N. The zero-order valence-electron chi connectivity index (χ0n) is 19.2. The van der Waals surface area contributed by atoms with Crippen molar-refractivity contribution in [2.45, 2.75) is 25.3 Å². The molecule has 0 spiro atoms. The predicted molar refractivity (Wildman–Crippen MR) is 134 cm³/mol. The van der Waals surface area contributed by atoms with Crippen LogP contribution >= 0.6 is 0 Å². The van der Waals surface area contributed by atoms with Crippen LogP contribution in [0.1, 0.15) is 29.5 Å². The monoisotopic (exact) mass is 455 g/mol. The number of nitrogens with one attached hydrogen (secondary N) is 2. The van der Waals surface area contributed by atoms with Crippen molar-refractivity contribution in [2.75, 3.05) is 18.4 Å². The van der Waals surface area contributed by atoms with E-state index in [1.54, 1.807) is 4.90 Å². The molecule has 3 aromatic rings. The van der Waals surface area contributed by atoms with E-state index in [2.05, 4.69) is 10.6 Å². The van der Waals surface area contributed by atoms with E-state index in [4.69, 9.17) is 10.7 Å². The number of carbonyl (C=O) groups is 2. The van der Waals surface area contributed by atoms with Crippen LogP contribution in [0.5, 0.6) is 0 Å². The van der Waals surface area contributed by atoms with Gasteiger partial charge in [-0.05, 0) is 42.5 Å². The van der Waals surface area contributed by atoms with Gasteiger partial charge < -0.3 is 16.4 Å². The van der Waals surface area contributed by atoms with Crippen LogP contribution in [-0.4, -0.2) is 35.9 Å². The molecule has 3 amide bonds. The number of hydrogen-bond acceptors (Lipinski definition) is 4. The molecule has 0 atom stereocenters. The molecule has 3 aromatic carbocycles. The number of carbonyl (C=O) groups excluding carboxylic acids is 2. The Kier molecular flexibility index (Phi) is 6.92. The highest BCUT2D eigenvalue weighted by atomic mass is 16.2. The van der Waals surface area contributed by atoms with Gasteiger partial charge in [0.2, 0.25) is 0 Å². The summed E-state index contributed by atoms with van der Waals surface area (Å²) in [6.07, 6.45) is 1.37. The summed E-state index contributed by atoms with van der Waals surface area (Å²) >= 11 is 0. The quantitative estimate of drug-likeness (QED) is 0.448. The highest BCUT2D eigenvalue weighted by Crippen LogP contribution is 2.39. The Morgan fingerprint density at radius 2 is 1.50 bits per heavy atom. The highest BCUT2D eigenvalue weighted by Gasteiger charge is 2.50. The predicted octanol–water partition coefficient (Wildman–Crippen LogP) is 4.00. The third kappa shape index (κ3) is 4.64. The van der Waals surface area contributed by atoms with Crippen LogP contribution in [0, 0.1) is 6.92 Å². The molecule has 7 nitrogen and oxygen atoms in total. The van der Waals surface area contributed by atoms with Crippen molar-refractivity contribution < 1.29 is 9.59 Å². The molecule has 7 heteroatoms. The summed E-state index contributed by atoms with van der Waals surface area (Å²) in [5.41, 5.74) is 8.43. The number of urea groups is 1. The van der Waals surface area contributed by atoms with Gasteiger partial charge in [-0.15, -0.1) is 0 Å². The van der Waals surface area contributed by atoms with Crippen LogP contribution in [-0.2, 0) is 10.3 Å². The second-order valence-electron chi connectivity index (χ2n) is 8.27. The first-order chi connectivity index (χ1) is 16.5. The highest BCUT2D eigenvalue weighted by molar-refractivity contribution is 6.09. The first kappa shape index (κ1) is 23.0. The molecule has 0 bridgehead atoms. The van der Waals surface area contributed by atoms with E-state index >= 15 is 0 Å². The van der Waals surface area contributed by atoms with Crippen molar-refractivity contribution in [3.8, 4) is 0 Å². The number of amides is 3. The summed E-state index contributed by atoms with van der Waals surface area (Å²) in [5.74, 6) is 0.0515. The average molecular weight is 456 g/mol. The minimum Gasteiger partial charge on any atom is -0.369 e. The normalized spacial score (nSPS) is 14.6. The minimum absolute atomic E-state index is 0.160. The van der Waals surface area contributed by atoms with Crippen molar-refractivity contribution in [3.05, 3.63) is 102 Å². The van der Waals surface area contributed by atoms with Crippen LogP contribution in [0.4, 0.5) is 10.5 Å². The first-order valence-corrected chi connectivity index (χ1v) is 11.4. The molecule has 4 rings (SSSR count). The fraction of sp³-hybridized carbons (Fsp3) is 0.222. The first-order valence-electron chi connectivity index (χ1n) is 11.4. The number of rotatable bonds is 8. The number of aryl methyl sites for hydroxylation is 1. The summed E-state index contributed by atoms with van der Waals surface area (Å²) in [4.78, 5) is 32.1. The molecule has 0 unspecified atom stereocenters. The molecule has 0 saturated carbocycles. The van der Waals surface area contributed by atoms with Crippen molar-refractivity contribution in [1.82, 2.24) is 10.2 Å². The molecule has 1 aliphatic heterocycles. The lowest BCUT2D eigenvalue weighted by Gasteiger charge is -2.27. The zero-order valence-corrected chi connectivity index (χ0v) is 19.2. The lowest BCUT2D eigenvalue weighted by atomic mass is 9.83. The molecule has 4 N–H and O–H groups in total. The van der Waals surface area contributed by atoms with Gasteiger partial charge in [0, 0.05) is 18.8 Å². The van der Waals surface area contributed by atoms with Crippen molar-refractivity contribution in [3.63, 3.8) is 0 Å². The number of para-hydroxylation sites is 1. The van der Waals surface area contributed by atoms with Gasteiger partial charge in [-0.3, -0.25) is 9.69 Å². The topological polar surface area (TPSA) is 99.8 Å². The van der Waals surface area contributed by atoms with E-state index in [1.807, 2.05) is 91.9 Å². The summed E-state index contributed by atoms with van der Waals surface area (Å²) in [6.45, 7) is 2.86. The fourth-order valence-corrected chi connectivity index (χ4v) is 4.17. The van der Waals surface area contributed by atoms with Crippen molar-refractivity contribution >= 4 is 23.6 Å². The van der Waals surface area contributed by atoms with Crippen LogP contribution in [0.25, 0.3) is 0 Å². The van der Waals surface area contributed by atoms with E-state index in [0.717, 1.165) is 22.4 Å². The number of guanidine groups is 1. The summed E-state index contributed by atoms with van der Waals surface area (Å²) in [6, 6.07) is 26.4. The molecule has 174 valence electrons. The summed E-state index contributed by atoms with van der Waals surface area (Å²) in [7, 11) is 0. The van der Waals surface area contributed by atoms with Crippen LogP contribution in [0.15, 0.2) is 89.9 Å². The maximum absolute atomic E-state index is 13.7. The van der Waals surface area contributed by atoms with Gasteiger partial charge in [-0.1, -0.05) is 78.9 Å². The number of nitrogens with zero attached hydrogens (tertiary/aromatic N) is 2. The molecule has 0 fully saturated rings. The van der Waals surface area contributed by atoms with Crippen LogP contribution in [0.2, 0.25) is 0 Å². The van der Waals surface area contributed by atoms with E-state index in [9.17, 15) is 9.59 Å². The number of aliphatic imine (C=N–C) groups is 1. The Labute approximate surface area is 199 Å². The lowest BCUT2D eigenvalue weighted by Crippen LogP contribution is -2.44. The third-order valence-corrected chi connectivity index (χ3v) is 5.98. The van der Waals surface area contributed by atoms with E-state index in [0.29, 0.717) is 25.9 Å². The number of anilines is 1. The molecule has 0 aliphatic carbocycles. The summed E-state index contributed by atoms with van der Waals surface area (Å²) in [5, 5.41) is 5.71. The van der Waals surface area contributed by atoms with E-state index in [-0.39, 0.29) is 17.9 Å². The van der Waals surface area contributed by atoms with Gasteiger partial charge in [-0.2, -0.15) is 0 Å².